The first-order chi connectivity index (χ1) is 8.08. The molecule has 3 heteroatoms. The van der Waals surface area contributed by atoms with Crippen LogP contribution in [0.25, 0.3) is 0 Å². The molecule has 2 N–H and O–H groups in total. The fourth-order valence-electron chi connectivity index (χ4n) is 2.71. The van der Waals surface area contributed by atoms with Crippen molar-refractivity contribution in [3.63, 3.8) is 0 Å². The quantitative estimate of drug-likeness (QED) is 0.863. The van der Waals surface area contributed by atoms with Crippen molar-refractivity contribution in [2.75, 3.05) is 12.3 Å². The minimum atomic E-state index is 0.736. The van der Waals surface area contributed by atoms with Crippen LogP contribution in [0.2, 0.25) is 0 Å². The molecule has 0 spiro atoms. The van der Waals surface area contributed by atoms with Gasteiger partial charge in [0.25, 0.3) is 0 Å². The number of benzene rings is 1. The molecule has 0 amide bonds. The highest BCUT2D eigenvalue weighted by Crippen LogP contribution is 2.28. The van der Waals surface area contributed by atoms with E-state index < -0.39 is 0 Å². The van der Waals surface area contributed by atoms with Gasteiger partial charge in [-0.25, -0.2) is 0 Å². The summed E-state index contributed by atoms with van der Waals surface area (Å²) in [5, 5.41) is 0. The Morgan fingerprint density at radius 1 is 1.47 bits per heavy atom. The molecule has 1 aliphatic heterocycles. The van der Waals surface area contributed by atoms with Crippen LogP contribution < -0.4 is 5.73 Å². The van der Waals surface area contributed by atoms with E-state index in [0.29, 0.717) is 0 Å². The number of hydrogen-bond donors (Lipinski definition) is 1. The molecule has 17 heavy (non-hydrogen) atoms. The summed E-state index contributed by atoms with van der Waals surface area (Å²) in [7, 11) is 0. The van der Waals surface area contributed by atoms with E-state index in [9.17, 15) is 0 Å². The van der Waals surface area contributed by atoms with Gasteiger partial charge in [-0.05, 0) is 43.0 Å². The van der Waals surface area contributed by atoms with E-state index in [1.807, 2.05) is 12.1 Å². The second-order valence-electron chi connectivity index (χ2n) is 5.27. The second-order valence-corrected chi connectivity index (χ2v) is 6.13. The molecule has 1 aromatic rings. The van der Waals surface area contributed by atoms with Crippen molar-refractivity contribution in [3.8, 4) is 0 Å². The van der Waals surface area contributed by atoms with Crippen LogP contribution in [0.15, 0.2) is 22.7 Å². The number of anilines is 1. The molecule has 1 aliphatic rings. The fourth-order valence-corrected chi connectivity index (χ4v) is 3.24. The predicted octanol–water partition coefficient (Wildman–Crippen LogP) is 3.65. The summed E-state index contributed by atoms with van der Waals surface area (Å²) in [5.41, 5.74) is 7.93. The largest absolute Gasteiger partial charge is 0.399 e. The SMILES string of the molecule is CC(C)C1CCCN1Cc1ccc(N)cc1Br. The van der Waals surface area contributed by atoms with Crippen LogP contribution in [0, 0.1) is 5.92 Å². The number of nitrogens with two attached hydrogens (primary N) is 1. The first kappa shape index (κ1) is 12.9. The van der Waals surface area contributed by atoms with E-state index in [-0.39, 0.29) is 0 Å². The number of hydrogen-bond acceptors (Lipinski definition) is 2. The molecule has 2 nitrogen and oxygen atoms in total. The van der Waals surface area contributed by atoms with Crippen LogP contribution in [-0.4, -0.2) is 17.5 Å². The minimum Gasteiger partial charge on any atom is -0.399 e. The summed E-state index contributed by atoms with van der Waals surface area (Å²) in [4.78, 5) is 2.60. The summed E-state index contributed by atoms with van der Waals surface area (Å²) in [6.07, 6.45) is 2.67. The molecule has 1 unspecified atom stereocenters. The molecule has 2 rings (SSSR count). The van der Waals surface area contributed by atoms with Crippen LogP contribution in [0.3, 0.4) is 0 Å². The predicted molar refractivity (Wildman–Crippen MR) is 76.8 cm³/mol. The lowest BCUT2D eigenvalue weighted by molar-refractivity contribution is 0.198. The summed E-state index contributed by atoms with van der Waals surface area (Å²) in [6.45, 7) is 6.89. The van der Waals surface area contributed by atoms with Gasteiger partial charge in [0.05, 0.1) is 0 Å². The zero-order valence-corrected chi connectivity index (χ0v) is 12.2. The van der Waals surface area contributed by atoms with Crippen LogP contribution in [-0.2, 0) is 6.54 Å². The van der Waals surface area contributed by atoms with Gasteiger partial charge in [-0.2, -0.15) is 0 Å². The van der Waals surface area contributed by atoms with Gasteiger partial charge in [0.1, 0.15) is 0 Å². The molecular weight excluding hydrogens is 276 g/mol. The second kappa shape index (κ2) is 5.40. The average Bonchev–Trinajstić information content (AvgIpc) is 2.70. The molecule has 1 saturated heterocycles. The molecule has 1 fully saturated rings. The van der Waals surface area contributed by atoms with Crippen molar-refractivity contribution in [3.05, 3.63) is 28.2 Å². The summed E-state index contributed by atoms with van der Waals surface area (Å²) < 4.78 is 1.13. The maximum Gasteiger partial charge on any atom is 0.0325 e. The lowest BCUT2D eigenvalue weighted by atomic mass is 10.0. The van der Waals surface area contributed by atoms with Crippen molar-refractivity contribution in [1.82, 2.24) is 4.90 Å². The normalized spacial score (nSPS) is 21.3. The Hall–Kier alpha value is -0.540. The highest BCUT2D eigenvalue weighted by atomic mass is 79.9. The monoisotopic (exact) mass is 296 g/mol. The van der Waals surface area contributed by atoms with Crippen LogP contribution in [0.5, 0.6) is 0 Å². The van der Waals surface area contributed by atoms with Gasteiger partial charge in [0.15, 0.2) is 0 Å². The number of rotatable bonds is 3. The van der Waals surface area contributed by atoms with Crippen LogP contribution in [0.4, 0.5) is 5.69 Å². The molecule has 0 saturated carbocycles. The summed E-state index contributed by atoms with van der Waals surface area (Å²) >= 11 is 3.60. The Bertz CT molecular complexity index is 390. The van der Waals surface area contributed by atoms with Crippen molar-refractivity contribution in [2.24, 2.45) is 5.92 Å². The molecule has 0 aromatic heterocycles. The number of halogens is 1. The Kier molecular flexibility index (Phi) is 4.10. The van der Waals surface area contributed by atoms with Gasteiger partial charge < -0.3 is 5.73 Å². The number of nitrogens with zero attached hydrogens (tertiary/aromatic N) is 1. The maximum atomic E-state index is 5.77. The maximum absolute atomic E-state index is 5.77. The van der Waals surface area contributed by atoms with E-state index in [4.69, 9.17) is 5.73 Å². The lowest BCUT2D eigenvalue weighted by Crippen LogP contribution is -2.32. The van der Waals surface area contributed by atoms with Crippen molar-refractivity contribution in [2.45, 2.75) is 39.3 Å². The van der Waals surface area contributed by atoms with Gasteiger partial charge in [-0.1, -0.05) is 35.8 Å². The summed E-state index contributed by atoms with van der Waals surface area (Å²) in [6, 6.07) is 6.85. The van der Waals surface area contributed by atoms with E-state index in [0.717, 1.165) is 28.7 Å². The summed E-state index contributed by atoms with van der Waals surface area (Å²) in [5.74, 6) is 0.741. The molecular formula is C14H21BrN2. The van der Waals surface area contributed by atoms with Gasteiger partial charge in [-0.15, -0.1) is 0 Å². The lowest BCUT2D eigenvalue weighted by Gasteiger charge is -2.28. The van der Waals surface area contributed by atoms with E-state index in [2.05, 4.69) is 40.7 Å². The molecule has 94 valence electrons. The van der Waals surface area contributed by atoms with Gasteiger partial charge in [0.2, 0.25) is 0 Å². The molecule has 1 aromatic carbocycles. The molecule has 0 radical (unpaired) electrons. The third-order valence-electron chi connectivity index (χ3n) is 3.63. The zero-order valence-electron chi connectivity index (χ0n) is 10.6. The highest BCUT2D eigenvalue weighted by Gasteiger charge is 2.27. The van der Waals surface area contributed by atoms with Crippen molar-refractivity contribution >= 4 is 21.6 Å². The molecule has 1 heterocycles. The first-order valence-electron chi connectivity index (χ1n) is 6.36. The van der Waals surface area contributed by atoms with Gasteiger partial charge in [-0.3, -0.25) is 4.90 Å². The molecule has 0 bridgehead atoms. The van der Waals surface area contributed by atoms with E-state index in [1.54, 1.807) is 0 Å². The first-order valence-corrected chi connectivity index (χ1v) is 7.15. The highest BCUT2D eigenvalue weighted by molar-refractivity contribution is 9.10. The zero-order chi connectivity index (χ0) is 12.4. The number of likely N-dealkylation sites (tertiary alicyclic amines) is 1. The third kappa shape index (κ3) is 3.02. The average molecular weight is 297 g/mol. The number of nitrogen functional groups attached to an aromatic ring is 1. The van der Waals surface area contributed by atoms with Gasteiger partial charge >= 0.3 is 0 Å². The fraction of sp³-hybridized carbons (Fsp3) is 0.571. The Morgan fingerprint density at radius 3 is 2.88 bits per heavy atom. The smallest absolute Gasteiger partial charge is 0.0325 e. The standard InChI is InChI=1S/C14H21BrN2/c1-10(2)14-4-3-7-17(14)9-11-5-6-12(16)8-13(11)15/h5-6,8,10,14H,3-4,7,9,16H2,1-2H3. The third-order valence-corrected chi connectivity index (χ3v) is 4.37. The van der Waals surface area contributed by atoms with Crippen LogP contribution >= 0.6 is 15.9 Å². The Balaban J connectivity index is 2.09. The van der Waals surface area contributed by atoms with E-state index >= 15 is 0 Å². The van der Waals surface area contributed by atoms with E-state index in [1.165, 1.54) is 24.9 Å². The van der Waals surface area contributed by atoms with Crippen LogP contribution in [0.1, 0.15) is 32.3 Å². The van der Waals surface area contributed by atoms with Gasteiger partial charge in [0, 0.05) is 22.7 Å². The topological polar surface area (TPSA) is 29.3 Å². The minimum absolute atomic E-state index is 0.736. The Morgan fingerprint density at radius 2 is 2.24 bits per heavy atom. The van der Waals surface area contributed by atoms with Crippen molar-refractivity contribution in [1.29, 1.82) is 0 Å². The molecule has 1 atom stereocenters. The van der Waals surface area contributed by atoms with Crippen molar-refractivity contribution < 1.29 is 0 Å². The Labute approximate surface area is 112 Å². The molecule has 0 aliphatic carbocycles.